The van der Waals surface area contributed by atoms with Gasteiger partial charge in [0.1, 0.15) is 0 Å². The van der Waals surface area contributed by atoms with Crippen LogP contribution in [0.5, 0.6) is 0 Å². The number of rotatable bonds is 1. The quantitative estimate of drug-likeness (QED) is 0.510. The summed E-state index contributed by atoms with van der Waals surface area (Å²) >= 11 is 2.01. The van der Waals surface area contributed by atoms with Gasteiger partial charge in [-0.1, -0.05) is 0 Å². The molecule has 0 fully saturated rings. The fourth-order valence-corrected chi connectivity index (χ4v) is 0.206. The Bertz CT molecular complexity index is 49.5. The number of carbonyl (C=O) groups excluding carboxylic acids is 1. The first-order valence-electron chi connectivity index (χ1n) is 1.21. The molecule has 0 aliphatic carbocycles. The summed E-state index contributed by atoms with van der Waals surface area (Å²) in [5.74, 6) is 4.02. The maximum absolute atomic E-state index is 9.82. The summed E-state index contributed by atoms with van der Waals surface area (Å²) in [7, 11) is 0. The SMILES string of the molecule is NOC(=O)[CH2][Au]. The molecule has 0 aliphatic rings. The predicted octanol–water partition coefficient (Wildman–Crippen LogP) is -0.632. The van der Waals surface area contributed by atoms with E-state index >= 15 is 0 Å². The van der Waals surface area contributed by atoms with Gasteiger partial charge in [0.05, 0.1) is 0 Å². The van der Waals surface area contributed by atoms with Crippen LogP contribution < -0.4 is 5.90 Å². The van der Waals surface area contributed by atoms with Crippen LogP contribution in [0.3, 0.4) is 0 Å². The number of hydrogen-bond acceptors (Lipinski definition) is 3. The first kappa shape index (κ1) is 6.17. The zero-order valence-electron chi connectivity index (χ0n) is 2.90. The molecular formula is C2H4AuNO2. The van der Waals surface area contributed by atoms with Gasteiger partial charge in [0, 0.05) is 0 Å². The molecule has 0 heterocycles. The van der Waals surface area contributed by atoms with Crippen molar-refractivity contribution in [3.8, 4) is 0 Å². The average molecular weight is 271 g/mol. The van der Waals surface area contributed by atoms with Crippen molar-refractivity contribution in [2.24, 2.45) is 5.90 Å². The molecule has 0 radical (unpaired) electrons. The molecular weight excluding hydrogens is 267 g/mol. The second-order valence-corrected chi connectivity index (χ2v) is 1.36. The van der Waals surface area contributed by atoms with Crippen molar-refractivity contribution >= 4 is 5.97 Å². The Labute approximate surface area is 47.7 Å². The third kappa shape index (κ3) is 2.41. The van der Waals surface area contributed by atoms with Crippen LogP contribution in [0, 0.1) is 0 Å². The topological polar surface area (TPSA) is 52.3 Å². The maximum atomic E-state index is 9.82. The van der Waals surface area contributed by atoms with E-state index in [0.717, 1.165) is 0 Å². The van der Waals surface area contributed by atoms with E-state index in [0.29, 0.717) is 0 Å². The van der Waals surface area contributed by atoms with Crippen molar-refractivity contribution < 1.29 is 30.7 Å². The minimum absolute atomic E-state index is 0.288. The Morgan fingerprint density at radius 2 is 2.50 bits per heavy atom. The van der Waals surface area contributed by atoms with Gasteiger partial charge in [-0.15, -0.1) is 0 Å². The number of nitrogens with two attached hydrogens (primary N) is 1. The van der Waals surface area contributed by atoms with E-state index < -0.39 is 5.97 Å². The molecule has 2 N–H and O–H groups in total. The zero-order valence-corrected chi connectivity index (χ0v) is 5.07. The van der Waals surface area contributed by atoms with Crippen molar-refractivity contribution in [1.82, 2.24) is 0 Å². The summed E-state index contributed by atoms with van der Waals surface area (Å²) in [5, 5.41) is 0. The van der Waals surface area contributed by atoms with Gasteiger partial charge in [-0.05, 0) is 0 Å². The summed E-state index contributed by atoms with van der Waals surface area (Å²) in [6, 6.07) is 0. The van der Waals surface area contributed by atoms with Crippen LogP contribution >= 0.6 is 0 Å². The molecule has 0 atom stereocenters. The minimum atomic E-state index is -0.404. The molecule has 0 aliphatic heterocycles. The average Bonchev–Trinajstić information content (AvgIpc) is 1.65. The van der Waals surface area contributed by atoms with Gasteiger partial charge in [-0.25, -0.2) is 0 Å². The van der Waals surface area contributed by atoms with Gasteiger partial charge in [-0.3, -0.25) is 0 Å². The van der Waals surface area contributed by atoms with Gasteiger partial charge in [0.2, 0.25) is 0 Å². The molecule has 0 spiro atoms. The predicted molar refractivity (Wildman–Crippen MR) is 15.1 cm³/mol. The van der Waals surface area contributed by atoms with Crippen LogP contribution in [0.1, 0.15) is 0 Å². The van der Waals surface area contributed by atoms with E-state index in [1.807, 2.05) is 21.1 Å². The van der Waals surface area contributed by atoms with Gasteiger partial charge >= 0.3 is 47.2 Å². The van der Waals surface area contributed by atoms with Crippen molar-refractivity contribution in [1.29, 1.82) is 0 Å². The summed E-state index contributed by atoms with van der Waals surface area (Å²) in [6.45, 7) is 0. The summed E-state index contributed by atoms with van der Waals surface area (Å²) in [6.07, 6.45) is 0. The van der Waals surface area contributed by atoms with Crippen LogP contribution in [-0.4, -0.2) is 5.97 Å². The number of carbonyl (C=O) groups is 1. The van der Waals surface area contributed by atoms with Crippen molar-refractivity contribution in [3.63, 3.8) is 0 Å². The molecule has 6 heavy (non-hydrogen) atoms. The fourth-order valence-electron chi connectivity index (χ4n) is 0.0251. The third-order valence-corrected chi connectivity index (χ3v) is 0.844. The molecule has 0 amide bonds. The second-order valence-electron chi connectivity index (χ2n) is 0.596. The molecule has 0 saturated heterocycles. The second kappa shape index (κ2) is 3.36. The van der Waals surface area contributed by atoms with E-state index in [2.05, 4.69) is 10.7 Å². The van der Waals surface area contributed by atoms with Crippen molar-refractivity contribution in [2.75, 3.05) is 0 Å². The Hall–Kier alpha value is 0.170. The molecule has 0 rings (SSSR count). The van der Waals surface area contributed by atoms with E-state index in [4.69, 9.17) is 0 Å². The van der Waals surface area contributed by atoms with Gasteiger partial charge < -0.3 is 0 Å². The Morgan fingerprint density at radius 3 is 2.50 bits per heavy atom. The standard InChI is InChI=1S/C2H4NO2.Au/c1-2(4)5-3;/h1,3H2;. The van der Waals surface area contributed by atoms with Gasteiger partial charge in [-0.2, -0.15) is 0 Å². The van der Waals surface area contributed by atoms with E-state index in [9.17, 15) is 4.79 Å². The summed E-state index contributed by atoms with van der Waals surface area (Å²) in [4.78, 5) is 13.6. The molecule has 0 aromatic carbocycles. The van der Waals surface area contributed by atoms with Crippen LogP contribution in [-0.2, 0) is 30.7 Å². The van der Waals surface area contributed by atoms with Gasteiger partial charge in [0.25, 0.3) is 0 Å². The first-order valence-corrected chi connectivity index (χ1v) is 2.74. The first-order chi connectivity index (χ1) is 2.81. The number of hydrogen-bond donors (Lipinski definition) is 1. The summed E-state index contributed by atoms with van der Waals surface area (Å²) in [5.41, 5.74) is 0. The Morgan fingerprint density at radius 1 is 2.00 bits per heavy atom. The van der Waals surface area contributed by atoms with Crippen molar-refractivity contribution in [2.45, 2.75) is 4.64 Å². The van der Waals surface area contributed by atoms with Crippen LogP contribution in [0.2, 0.25) is 4.64 Å². The van der Waals surface area contributed by atoms with Crippen LogP contribution in [0.25, 0.3) is 0 Å². The van der Waals surface area contributed by atoms with Crippen LogP contribution in [0.4, 0.5) is 0 Å². The molecule has 0 unspecified atom stereocenters. The molecule has 0 bridgehead atoms. The molecule has 0 aromatic heterocycles. The van der Waals surface area contributed by atoms with Crippen molar-refractivity contribution in [3.05, 3.63) is 0 Å². The monoisotopic (exact) mass is 271 g/mol. The Kier molecular flexibility index (Phi) is 3.46. The van der Waals surface area contributed by atoms with E-state index in [1.165, 1.54) is 0 Å². The Balaban J connectivity index is 2.99. The van der Waals surface area contributed by atoms with E-state index in [1.54, 1.807) is 0 Å². The third-order valence-electron chi connectivity index (χ3n) is 0.218. The van der Waals surface area contributed by atoms with Crippen LogP contribution in [0.15, 0.2) is 0 Å². The molecule has 40 valence electrons. The summed E-state index contributed by atoms with van der Waals surface area (Å²) < 4.78 is 0.288. The fraction of sp³-hybridized carbons (Fsp3) is 0.500. The molecule has 3 nitrogen and oxygen atoms in total. The van der Waals surface area contributed by atoms with Gasteiger partial charge in [0.15, 0.2) is 0 Å². The molecule has 0 saturated carbocycles. The molecule has 4 heteroatoms. The molecule has 0 aromatic rings. The normalized spacial score (nSPS) is 7.83. The zero-order chi connectivity index (χ0) is 4.99. The van der Waals surface area contributed by atoms with E-state index in [-0.39, 0.29) is 4.64 Å².